The normalized spacial score (nSPS) is 16.2. The second-order valence-electron chi connectivity index (χ2n) is 8.06. The van der Waals surface area contributed by atoms with Crippen LogP contribution >= 0.6 is 0 Å². The van der Waals surface area contributed by atoms with Crippen molar-refractivity contribution in [2.24, 2.45) is 5.92 Å². The van der Waals surface area contributed by atoms with E-state index in [4.69, 9.17) is 9.94 Å². The second-order valence-corrected chi connectivity index (χ2v) is 8.06. The van der Waals surface area contributed by atoms with Crippen LogP contribution in [0.15, 0.2) is 54.6 Å². The van der Waals surface area contributed by atoms with Gasteiger partial charge in [0.25, 0.3) is 11.8 Å². The maximum atomic E-state index is 13.0. The Kier molecular flexibility index (Phi) is 6.48. The Labute approximate surface area is 181 Å². The van der Waals surface area contributed by atoms with Crippen molar-refractivity contribution in [3.63, 3.8) is 0 Å². The predicted molar refractivity (Wildman–Crippen MR) is 119 cm³/mol. The van der Waals surface area contributed by atoms with Crippen LogP contribution in [0.4, 0.5) is 0 Å². The highest BCUT2D eigenvalue weighted by atomic mass is 16.5. The minimum atomic E-state index is -0.591. The molecule has 0 aliphatic heterocycles. The number of carbonyl (C=O) groups is 2. The molecule has 3 N–H and O–H groups in total. The Morgan fingerprint density at radius 1 is 1.03 bits per heavy atom. The molecule has 2 saturated carbocycles. The van der Waals surface area contributed by atoms with Gasteiger partial charge in [-0.3, -0.25) is 14.8 Å². The van der Waals surface area contributed by atoms with Crippen LogP contribution in [0.3, 0.4) is 0 Å². The average molecular weight is 418 g/mol. The van der Waals surface area contributed by atoms with Crippen LogP contribution < -0.4 is 15.5 Å². The quantitative estimate of drug-likeness (QED) is 0.250. The largest absolute Gasteiger partial charge is 0.493 e. The van der Waals surface area contributed by atoms with E-state index in [9.17, 15) is 9.59 Å². The fraction of sp³-hybridized carbons (Fsp3) is 0.280. The summed E-state index contributed by atoms with van der Waals surface area (Å²) in [5.41, 5.74) is 4.64. The molecule has 2 aromatic rings. The van der Waals surface area contributed by atoms with Crippen LogP contribution in [-0.2, 0) is 9.59 Å². The van der Waals surface area contributed by atoms with Gasteiger partial charge >= 0.3 is 0 Å². The molecule has 0 radical (unpaired) electrons. The van der Waals surface area contributed by atoms with Crippen molar-refractivity contribution in [2.45, 2.75) is 31.7 Å². The number of nitrogens with one attached hydrogen (secondary N) is 2. The van der Waals surface area contributed by atoms with Gasteiger partial charge in [0.2, 0.25) is 0 Å². The van der Waals surface area contributed by atoms with Gasteiger partial charge in [0.15, 0.2) is 0 Å². The Balaban J connectivity index is 1.56. The van der Waals surface area contributed by atoms with Crippen molar-refractivity contribution in [1.29, 1.82) is 0 Å². The van der Waals surface area contributed by atoms with E-state index in [1.807, 2.05) is 54.6 Å². The topological polar surface area (TPSA) is 87.7 Å². The molecule has 0 unspecified atom stereocenters. The van der Waals surface area contributed by atoms with E-state index >= 15 is 0 Å². The number of benzene rings is 2. The van der Waals surface area contributed by atoms with Crippen LogP contribution in [0.5, 0.6) is 5.75 Å². The molecule has 2 aromatic carbocycles. The summed E-state index contributed by atoms with van der Waals surface area (Å²) in [4.78, 5) is 24.1. The standard InChI is InChI=1S/C25H26N2O4/c28-24(27-30)13-10-17-4-6-18(7-5-17)14-23(25(29)26-21-11-12-21)20-2-1-3-22(15-20)31-16-19-8-9-19/h1-7,10,13-15,19,21,30H,8-9,11-12,16H2,(H,26,29)(H,27,28)/b13-10+,23-14+. The molecule has 2 aliphatic rings. The van der Waals surface area contributed by atoms with Crippen molar-refractivity contribution in [2.75, 3.05) is 6.61 Å². The molecule has 0 spiro atoms. The summed E-state index contributed by atoms with van der Waals surface area (Å²) < 4.78 is 5.90. The maximum Gasteiger partial charge on any atom is 0.267 e. The molecule has 0 saturated heterocycles. The lowest BCUT2D eigenvalue weighted by Gasteiger charge is -2.12. The Hall–Kier alpha value is -3.38. The van der Waals surface area contributed by atoms with Crippen LogP contribution in [0.1, 0.15) is 42.4 Å². The SMILES string of the molecule is O=C(/C=C/c1ccc(/C=C(/C(=O)NC2CC2)c2cccc(OCC3CC3)c2)cc1)NO. The summed E-state index contributed by atoms with van der Waals surface area (Å²) in [5.74, 6) is 0.752. The lowest BCUT2D eigenvalue weighted by molar-refractivity contribution is -0.124. The number of hydrogen-bond donors (Lipinski definition) is 3. The zero-order chi connectivity index (χ0) is 21.6. The van der Waals surface area contributed by atoms with Gasteiger partial charge in [0, 0.05) is 17.7 Å². The fourth-order valence-electron chi connectivity index (χ4n) is 3.10. The maximum absolute atomic E-state index is 13.0. The first kappa shape index (κ1) is 20.9. The highest BCUT2D eigenvalue weighted by Crippen LogP contribution is 2.30. The molecule has 0 aromatic heterocycles. The summed E-state index contributed by atoms with van der Waals surface area (Å²) >= 11 is 0. The average Bonchev–Trinajstić information content (AvgIpc) is 3.71. The number of hydroxylamine groups is 1. The molecular formula is C25H26N2O4. The molecule has 160 valence electrons. The van der Waals surface area contributed by atoms with Gasteiger partial charge in [-0.1, -0.05) is 36.4 Å². The minimum Gasteiger partial charge on any atom is -0.493 e. The van der Waals surface area contributed by atoms with Crippen molar-refractivity contribution < 1.29 is 19.5 Å². The molecule has 4 rings (SSSR count). The predicted octanol–water partition coefficient (Wildman–Crippen LogP) is 3.81. The lowest BCUT2D eigenvalue weighted by atomic mass is 10.0. The van der Waals surface area contributed by atoms with Gasteiger partial charge in [0.1, 0.15) is 5.75 Å². The first-order valence-corrected chi connectivity index (χ1v) is 10.6. The number of amides is 2. The van der Waals surface area contributed by atoms with Gasteiger partial charge in [-0.25, -0.2) is 5.48 Å². The van der Waals surface area contributed by atoms with Gasteiger partial charge in [0.05, 0.1) is 6.61 Å². The van der Waals surface area contributed by atoms with E-state index in [1.165, 1.54) is 18.9 Å². The molecule has 2 amide bonds. The second kappa shape index (κ2) is 9.62. The molecule has 0 atom stereocenters. The molecule has 31 heavy (non-hydrogen) atoms. The summed E-state index contributed by atoms with van der Waals surface area (Å²) in [6, 6.07) is 15.4. The summed E-state index contributed by atoms with van der Waals surface area (Å²) in [7, 11) is 0. The highest BCUT2D eigenvalue weighted by molar-refractivity contribution is 6.24. The van der Waals surface area contributed by atoms with Crippen molar-refractivity contribution >= 4 is 29.5 Å². The Morgan fingerprint density at radius 3 is 2.45 bits per heavy atom. The minimum absolute atomic E-state index is 0.0922. The molecule has 0 heterocycles. The molecule has 6 nitrogen and oxygen atoms in total. The number of ether oxygens (including phenoxy) is 1. The van der Waals surface area contributed by atoms with E-state index in [-0.39, 0.29) is 11.9 Å². The zero-order valence-electron chi connectivity index (χ0n) is 17.2. The lowest BCUT2D eigenvalue weighted by Crippen LogP contribution is -2.26. The zero-order valence-corrected chi connectivity index (χ0v) is 17.2. The van der Waals surface area contributed by atoms with Crippen LogP contribution in [0.25, 0.3) is 17.7 Å². The highest BCUT2D eigenvalue weighted by Gasteiger charge is 2.25. The van der Waals surface area contributed by atoms with Gasteiger partial charge in [-0.15, -0.1) is 0 Å². The van der Waals surface area contributed by atoms with Crippen molar-refractivity contribution in [3.05, 3.63) is 71.3 Å². The number of carbonyl (C=O) groups excluding carboxylic acids is 2. The Bertz CT molecular complexity index is 1000. The van der Waals surface area contributed by atoms with E-state index < -0.39 is 5.91 Å². The molecule has 2 aliphatic carbocycles. The fourth-order valence-corrected chi connectivity index (χ4v) is 3.10. The molecular weight excluding hydrogens is 392 g/mol. The smallest absolute Gasteiger partial charge is 0.267 e. The molecule has 0 bridgehead atoms. The van der Waals surface area contributed by atoms with Gasteiger partial charge in [-0.05, 0) is 72.6 Å². The van der Waals surface area contributed by atoms with Crippen LogP contribution in [0, 0.1) is 5.92 Å². The molecule has 2 fully saturated rings. The summed E-state index contributed by atoms with van der Waals surface area (Å²) in [5, 5.41) is 11.6. The van der Waals surface area contributed by atoms with E-state index in [0.717, 1.165) is 41.9 Å². The monoisotopic (exact) mass is 418 g/mol. The van der Waals surface area contributed by atoms with E-state index in [1.54, 1.807) is 11.6 Å². The van der Waals surface area contributed by atoms with E-state index in [2.05, 4.69) is 5.32 Å². The number of hydrogen-bond acceptors (Lipinski definition) is 4. The van der Waals surface area contributed by atoms with Gasteiger partial charge in [-0.2, -0.15) is 0 Å². The third-order valence-electron chi connectivity index (χ3n) is 5.27. The van der Waals surface area contributed by atoms with Crippen molar-refractivity contribution in [3.8, 4) is 5.75 Å². The van der Waals surface area contributed by atoms with E-state index in [0.29, 0.717) is 11.5 Å². The summed E-state index contributed by atoms with van der Waals surface area (Å²) in [6.45, 7) is 0.722. The van der Waals surface area contributed by atoms with Crippen molar-refractivity contribution in [1.82, 2.24) is 10.8 Å². The van der Waals surface area contributed by atoms with Gasteiger partial charge < -0.3 is 10.1 Å². The third kappa shape index (κ3) is 6.30. The van der Waals surface area contributed by atoms with Crippen LogP contribution in [0.2, 0.25) is 0 Å². The Morgan fingerprint density at radius 2 is 1.77 bits per heavy atom. The van der Waals surface area contributed by atoms with Crippen LogP contribution in [-0.4, -0.2) is 29.7 Å². The summed E-state index contributed by atoms with van der Waals surface area (Å²) in [6.07, 6.45) is 9.20. The first-order chi connectivity index (χ1) is 15.1. The first-order valence-electron chi connectivity index (χ1n) is 10.6. The number of rotatable bonds is 9. The third-order valence-corrected chi connectivity index (χ3v) is 5.27. The molecule has 6 heteroatoms.